The van der Waals surface area contributed by atoms with E-state index in [0.717, 1.165) is 16.3 Å². The van der Waals surface area contributed by atoms with Gasteiger partial charge in [-0.1, -0.05) is 0 Å². The fourth-order valence-electron chi connectivity index (χ4n) is 1.76. The minimum absolute atomic E-state index is 0.0380. The minimum Gasteiger partial charge on any atom is -0.374 e. The second-order valence-corrected chi connectivity index (χ2v) is 5.41. The summed E-state index contributed by atoms with van der Waals surface area (Å²) in [5, 5.41) is 2.87. The molecule has 1 heterocycles. The van der Waals surface area contributed by atoms with Crippen LogP contribution in [-0.4, -0.2) is 31.0 Å². The molecule has 0 saturated heterocycles. The molecule has 1 aliphatic heterocycles. The number of benzene rings is 1. The molecule has 0 spiro atoms. The molecule has 0 unspecified atom stereocenters. The van der Waals surface area contributed by atoms with E-state index in [-0.39, 0.29) is 11.7 Å². The van der Waals surface area contributed by atoms with Gasteiger partial charge < -0.3 is 10.2 Å². The van der Waals surface area contributed by atoms with Gasteiger partial charge in [0, 0.05) is 30.6 Å². The Bertz CT molecular complexity index is 488. The summed E-state index contributed by atoms with van der Waals surface area (Å²) < 4.78 is 0. The van der Waals surface area contributed by atoms with Crippen LogP contribution in [0.15, 0.2) is 23.1 Å². The number of rotatable bonds is 4. The third-order valence-corrected chi connectivity index (χ3v) is 3.91. The highest BCUT2D eigenvalue weighted by Gasteiger charge is 2.16. The maximum atomic E-state index is 11.3. The molecule has 1 aromatic carbocycles. The molecule has 18 heavy (non-hydrogen) atoms. The van der Waals surface area contributed by atoms with Crippen molar-refractivity contribution in [3.8, 4) is 0 Å². The van der Waals surface area contributed by atoms with Crippen LogP contribution in [0.4, 0.5) is 11.4 Å². The summed E-state index contributed by atoms with van der Waals surface area (Å²) in [7, 11) is 1.95. The molecular weight excluding hydrogens is 248 g/mol. The molecule has 96 valence electrons. The second-order valence-electron chi connectivity index (χ2n) is 4.39. The smallest absolute Gasteiger partial charge is 0.234 e. The number of hydrogen-bond acceptors (Lipinski definition) is 4. The quantitative estimate of drug-likeness (QED) is 0.905. The molecular formula is C13H16N2O2S. The van der Waals surface area contributed by atoms with Crippen LogP contribution in [0.2, 0.25) is 0 Å². The van der Waals surface area contributed by atoms with Crippen molar-refractivity contribution >= 4 is 34.8 Å². The molecule has 0 radical (unpaired) electrons. The van der Waals surface area contributed by atoms with E-state index in [1.165, 1.54) is 0 Å². The largest absolute Gasteiger partial charge is 0.374 e. The number of anilines is 2. The molecule has 1 amide bonds. The highest BCUT2D eigenvalue weighted by atomic mass is 32.2. The maximum Gasteiger partial charge on any atom is 0.234 e. The molecule has 0 fully saturated rings. The first-order valence-corrected chi connectivity index (χ1v) is 6.82. The van der Waals surface area contributed by atoms with Gasteiger partial charge in [0.25, 0.3) is 0 Å². The number of carbonyl (C=O) groups is 2. The maximum absolute atomic E-state index is 11.3. The van der Waals surface area contributed by atoms with Crippen molar-refractivity contribution in [2.45, 2.75) is 18.2 Å². The van der Waals surface area contributed by atoms with E-state index < -0.39 is 0 Å². The van der Waals surface area contributed by atoms with Gasteiger partial charge in [-0.15, -0.1) is 11.8 Å². The van der Waals surface area contributed by atoms with E-state index in [2.05, 4.69) is 5.32 Å². The summed E-state index contributed by atoms with van der Waals surface area (Å²) in [6, 6.07) is 5.99. The molecule has 1 aliphatic rings. The number of Topliss-reactive ketones (excluding diaryl/α,β-unsaturated/α-hetero) is 1. The normalized spacial score (nSPS) is 13.8. The monoisotopic (exact) mass is 264 g/mol. The Morgan fingerprint density at radius 2 is 2.28 bits per heavy atom. The Labute approximate surface area is 111 Å². The number of hydrogen-bond donors (Lipinski definition) is 1. The molecule has 1 aromatic rings. The van der Waals surface area contributed by atoms with Crippen LogP contribution in [-0.2, 0) is 9.59 Å². The Hall–Kier alpha value is -1.49. The molecule has 5 heteroatoms. The number of amides is 1. The third kappa shape index (κ3) is 3.04. The van der Waals surface area contributed by atoms with Gasteiger partial charge in [-0.3, -0.25) is 9.59 Å². The fraction of sp³-hybridized carbons (Fsp3) is 0.385. The van der Waals surface area contributed by atoms with Crippen molar-refractivity contribution in [2.75, 3.05) is 29.6 Å². The van der Waals surface area contributed by atoms with Gasteiger partial charge in [0.2, 0.25) is 5.91 Å². The number of nitrogens with zero attached hydrogens (tertiary/aromatic N) is 1. The van der Waals surface area contributed by atoms with Crippen LogP contribution in [0.5, 0.6) is 0 Å². The molecule has 0 aromatic heterocycles. The van der Waals surface area contributed by atoms with E-state index in [0.29, 0.717) is 18.7 Å². The van der Waals surface area contributed by atoms with Crippen LogP contribution in [0.3, 0.4) is 0 Å². The lowest BCUT2D eigenvalue weighted by molar-refractivity contribution is -0.117. The first-order chi connectivity index (χ1) is 8.56. The van der Waals surface area contributed by atoms with Gasteiger partial charge in [-0.05, 0) is 25.1 Å². The van der Waals surface area contributed by atoms with Crippen molar-refractivity contribution in [3.63, 3.8) is 0 Å². The molecule has 1 N–H and O–H groups in total. The second kappa shape index (κ2) is 5.44. The van der Waals surface area contributed by atoms with Crippen LogP contribution in [0.1, 0.15) is 13.3 Å². The number of thioether (sulfide) groups is 1. The predicted molar refractivity (Wildman–Crippen MR) is 74.4 cm³/mol. The number of carbonyl (C=O) groups excluding carboxylic acids is 2. The lowest BCUT2D eigenvalue weighted by atomic mass is 10.2. The molecule has 0 atom stereocenters. The van der Waals surface area contributed by atoms with Gasteiger partial charge in [0.05, 0.1) is 11.4 Å². The Morgan fingerprint density at radius 1 is 1.50 bits per heavy atom. The average molecular weight is 264 g/mol. The Morgan fingerprint density at radius 3 is 3.00 bits per heavy atom. The number of fused-ring (bicyclic) bond motifs is 1. The third-order valence-electron chi connectivity index (χ3n) is 2.84. The Kier molecular flexibility index (Phi) is 3.91. The van der Waals surface area contributed by atoms with Gasteiger partial charge in [-0.2, -0.15) is 0 Å². The number of nitrogens with one attached hydrogen (secondary N) is 1. The topological polar surface area (TPSA) is 49.4 Å². The van der Waals surface area contributed by atoms with Gasteiger partial charge in [-0.25, -0.2) is 0 Å². The van der Waals surface area contributed by atoms with Crippen molar-refractivity contribution in [1.82, 2.24) is 0 Å². The molecule has 2 rings (SSSR count). The van der Waals surface area contributed by atoms with E-state index in [4.69, 9.17) is 0 Å². The molecule has 0 saturated carbocycles. The first kappa shape index (κ1) is 13.0. The van der Waals surface area contributed by atoms with Crippen molar-refractivity contribution in [3.05, 3.63) is 18.2 Å². The van der Waals surface area contributed by atoms with E-state index in [1.807, 2.05) is 30.1 Å². The lowest BCUT2D eigenvalue weighted by Crippen LogP contribution is -2.22. The number of ketones is 1. The van der Waals surface area contributed by atoms with Crippen LogP contribution >= 0.6 is 11.8 Å². The van der Waals surface area contributed by atoms with Gasteiger partial charge in [0.15, 0.2) is 0 Å². The lowest BCUT2D eigenvalue weighted by Gasteiger charge is -2.22. The summed E-state index contributed by atoms with van der Waals surface area (Å²) in [5.74, 6) is 0.701. The predicted octanol–water partition coefficient (Wildman–Crippen LogP) is 2.15. The summed E-state index contributed by atoms with van der Waals surface area (Å²) in [5.41, 5.74) is 1.88. The van der Waals surface area contributed by atoms with E-state index >= 15 is 0 Å². The molecule has 4 nitrogen and oxygen atoms in total. The van der Waals surface area contributed by atoms with Gasteiger partial charge in [0.1, 0.15) is 5.78 Å². The van der Waals surface area contributed by atoms with Crippen molar-refractivity contribution < 1.29 is 9.59 Å². The average Bonchev–Trinajstić information content (AvgIpc) is 2.34. The standard InChI is InChI=1S/C13H16N2O2S/c1-9(16)5-6-15(2)10-3-4-12-11(7-10)14-13(17)8-18-12/h3-4,7H,5-6,8H2,1-2H3,(H,14,17). The van der Waals surface area contributed by atoms with Gasteiger partial charge >= 0.3 is 0 Å². The molecule has 0 aliphatic carbocycles. The first-order valence-electron chi connectivity index (χ1n) is 5.83. The van der Waals surface area contributed by atoms with Crippen molar-refractivity contribution in [2.24, 2.45) is 0 Å². The fourth-order valence-corrected chi connectivity index (χ4v) is 2.55. The summed E-state index contributed by atoms with van der Waals surface area (Å²) in [4.78, 5) is 25.4. The zero-order valence-electron chi connectivity index (χ0n) is 10.5. The molecule has 0 bridgehead atoms. The van der Waals surface area contributed by atoms with Crippen molar-refractivity contribution in [1.29, 1.82) is 0 Å². The van der Waals surface area contributed by atoms with Crippen LogP contribution < -0.4 is 10.2 Å². The van der Waals surface area contributed by atoms with E-state index in [9.17, 15) is 9.59 Å². The Balaban J connectivity index is 2.12. The summed E-state index contributed by atoms with van der Waals surface area (Å²) >= 11 is 1.55. The van der Waals surface area contributed by atoms with Crippen LogP contribution in [0, 0.1) is 0 Å². The highest BCUT2D eigenvalue weighted by molar-refractivity contribution is 8.00. The minimum atomic E-state index is 0.0380. The zero-order valence-corrected chi connectivity index (χ0v) is 11.3. The summed E-state index contributed by atoms with van der Waals surface area (Å²) in [6.07, 6.45) is 0.536. The van der Waals surface area contributed by atoms with E-state index in [1.54, 1.807) is 18.7 Å². The SMILES string of the molecule is CC(=O)CCN(C)c1ccc2c(c1)NC(=O)CS2. The highest BCUT2D eigenvalue weighted by Crippen LogP contribution is 2.34. The summed E-state index contributed by atoms with van der Waals surface area (Å²) in [6.45, 7) is 2.28. The van der Waals surface area contributed by atoms with Crippen LogP contribution in [0.25, 0.3) is 0 Å². The zero-order chi connectivity index (χ0) is 13.1.